The van der Waals surface area contributed by atoms with Gasteiger partial charge in [-0.3, -0.25) is 0 Å². The highest BCUT2D eigenvalue weighted by Gasteiger charge is 2.37. The summed E-state index contributed by atoms with van der Waals surface area (Å²) in [5, 5.41) is 8.62. The number of piperidine rings is 1. The number of rotatable bonds is 3. The molecule has 1 saturated carbocycles. The third-order valence-electron chi connectivity index (χ3n) is 5.00. The number of hydrogen-bond donors (Lipinski definition) is 1. The maximum atomic E-state index is 10.5. The molecule has 1 spiro atoms. The van der Waals surface area contributed by atoms with Crippen LogP contribution in [0.3, 0.4) is 0 Å². The molecular formula is C17H22N2O2. The summed E-state index contributed by atoms with van der Waals surface area (Å²) in [5.74, 6) is 0.0762. The predicted octanol–water partition coefficient (Wildman–Crippen LogP) is 3.34. The van der Waals surface area contributed by atoms with Gasteiger partial charge in [0.1, 0.15) is 5.82 Å². The Labute approximate surface area is 125 Å². The zero-order chi connectivity index (χ0) is 14.7. The molecule has 1 aromatic heterocycles. The summed E-state index contributed by atoms with van der Waals surface area (Å²) in [6.45, 7) is 2.19. The maximum absolute atomic E-state index is 10.5. The van der Waals surface area contributed by atoms with E-state index in [1.165, 1.54) is 38.5 Å². The van der Waals surface area contributed by atoms with Gasteiger partial charge in [0, 0.05) is 25.4 Å². The van der Waals surface area contributed by atoms with Crippen molar-refractivity contribution in [3.05, 3.63) is 30.0 Å². The van der Waals surface area contributed by atoms with Crippen molar-refractivity contribution in [1.29, 1.82) is 0 Å². The number of carbonyl (C=O) groups is 1. The number of aromatic nitrogens is 1. The Bertz CT molecular complexity index is 520. The number of anilines is 1. The lowest BCUT2D eigenvalue weighted by Crippen LogP contribution is -2.39. The number of nitrogens with zero attached hydrogens (tertiary/aromatic N) is 2. The van der Waals surface area contributed by atoms with Crippen LogP contribution in [-0.4, -0.2) is 29.1 Å². The Morgan fingerprint density at radius 3 is 2.48 bits per heavy atom. The van der Waals surface area contributed by atoms with E-state index in [2.05, 4.69) is 9.88 Å². The van der Waals surface area contributed by atoms with Gasteiger partial charge in [0.2, 0.25) is 0 Å². The van der Waals surface area contributed by atoms with E-state index in [1.54, 1.807) is 12.3 Å². The highest BCUT2D eigenvalue weighted by molar-refractivity contribution is 5.85. The molecule has 1 aliphatic heterocycles. The van der Waals surface area contributed by atoms with Crippen molar-refractivity contribution in [3.63, 3.8) is 0 Å². The lowest BCUT2D eigenvalue weighted by molar-refractivity contribution is -0.131. The van der Waals surface area contributed by atoms with Gasteiger partial charge < -0.3 is 10.0 Å². The van der Waals surface area contributed by atoms with Crippen LogP contribution in [0.1, 0.15) is 44.1 Å². The molecule has 1 N–H and O–H groups in total. The lowest BCUT2D eigenvalue weighted by atomic mass is 9.77. The molecule has 1 saturated heterocycles. The van der Waals surface area contributed by atoms with Gasteiger partial charge in [-0.1, -0.05) is 12.8 Å². The third kappa shape index (κ3) is 3.26. The fraction of sp³-hybridized carbons (Fsp3) is 0.529. The quantitative estimate of drug-likeness (QED) is 0.866. The van der Waals surface area contributed by atoms with Crippen molar-refractivity contribution in [2.75, 3.05) is 18.0 Å². The Hall–Kier alpha value is -1.84. The van der Waals surface area contributed by atoms with Crippen LogP contribution < -0.4 is 4.90 Å². The smallest absolute Gasteiger partial charge is 0.328 e. The molecule has 0 bridgehead atoms. The average Bonchev–Trinajstić information content (AvgIpc) is 2.95. The zero-order valence-electron chi connectivity index (χ0n) is 12.3. The SMILES string of the molecule is O=C(O)/C=C/c1ccc(N2CCC3(CCCC3)CC2)nc1. The second-order valence-electron chi connectivity index (χ2n) is 6.32. The van der Waals surface area contributed by atoms with Gasteiger partial charge in [0.25, 0.3) is 0 Å². The van der Waals surface area contributed by atoms with E-state index in [4.69, 9.17) is 5.11 Å². The standard InChI is InChI=1S/C17H22N2O2/c20-16(21)6-4-14-3-5-15(18-13-14)19-11-9-17(10-12-19)7-1-2-8-17/h3-6,13H,1-2,7-12H2,(H,20,21)/b6-4+. The molecule has 4 heteroatoms. The van der Waals surface area contributed by atoms with Crippen LogP contribution in [0.25, 0.3) is 6.08 Å². The Balaban J connectivity index is 1.61. The van der Waals surface area contributed by atoms with Crippen molar-refractivity contribution in [2.45, 2.75) is 38.5 Å². The summed E-state index contributed by atoms with van der Waals surface area (Å²) in [4.78, 5) is 17.3. The number of pyridine rings is 1. The van der Waals surface area contributed by atoms with Crippen LogP contribution in [0.2, 0.25) is 0 Å². The number of aliphatic carboxylic acids is 1. The fourth-order valence-corrected chi connectivity index (χ4v) is 3.69. The maximum Gasteiger partial charge on any atom is 0.328 e. The van der Waals surface area contributed by atoms with Crippen LogP contribution in [-0.2, 0) is 4.79 Å². The van der Waals surface area contributed by atoms with Crippen molar-refractivity contribution in [1.82, 2.24) is 4.98 Å². The first kappa shape index (κ1) is 14.1. The summed E-state index contributed by atoms with van der Waals surface area (Å²) < 4.78 is 0. The molecule has 2 fully saturated rings. The summed E-state index contributed by atoms with van der Waals surface area (Å²) >= 11 is 0. The first-order chi connectivity index (χ1) is 10.2. The molecule has 0 atom stereocenters. The van der Waals surface area contributed by atoms with E-state index >= 15 is 0 Å². The molecule has 2 aliphatic rings. The lowest BCUT2D eigenvalue weighted by Gasteiger charge is -2.40. The molecule has 0 aromatic carbocycles. The molecule has 0 amide bonds. The molecule has 112 valence electrons. The van der Waals surface area contributed by atoms with E-state index in [1.807, 2.05) is 12.1 Å². The second-order valence-corrected chi connectivity index (χ2v) is 6.32. The Morgan fingerprint density at radius 2 is 1.90 bits per heavy atom. The van der Waals surface area contributed by atoms with Gasteiger partial charge in [-0.2, -0.15) is 0 Å². The largest absolute Gasteiger partial charge is 0.478 e. The van der Waals surface area contributed by atoms with Crippen molar-refractivity contribution < 1.29 is 9.90 Å². The van der Waals surface area contributed by atoms with Crippen LogP contribution in [0.5, 0.6) is 0 Å². The van der Waals surface area contributed by atoms with Crippen LogP contribution in [0, 0.1) is 5.41 Å². The van der Waals surface area contributed by atoms with E-state index in [-0.39, 0.29) is 0 Å². The first-order valence-electron chi connectivity index (χ1n) is 7.79. The van der Waals surface area contributed by atoms with E-state index < -0.39 is 5.97 Å². The number of carboxylic acids is 1. The minimum atomic E-state index is -0.933. The normalized spacial score (nSPS) is 21.2. The molecule has 21 heavy (non-hydrogen) atoms. The fourth-order valence-electron chi connectivity index (χ4n) is 3.69. The number of hydrogen-bond acceptors (Lipinski definition) is 3. The van der Waals surface area contributed by atoms with Gasteiger partial charge in [-0.25, -0.2) is 9.78 Å². The summed E-state index contributed by atoms with van der Waals surface area (Å²) in [5.41, 5.74) is 1.45. The highest BCUT2D eigenvalue weighted by atomic mass is 16.4. The topological polar surface area (TPSA) is 53.4 Å². The molecular weight excluding hydrogens is 264 g/mol. The van der Waals surface area contributed by atoms with Crippen molar-refractivity contribution in [2.24, 2.45) is 5.41 Å². The van der Waals surface area contributed by atoms with Gasteiger partial charge in [0.15, 0.2) is 0 Å². The van der Waals surface area contributed by atoms with Crippen LogP contribution >= 0.6 is 0 Å². The van der Waals surface area contributed by atoms with Gasteiger partial charge in [-0.05, 0) is 54.9 Å². The summed E-state index contributed by atoms with van der Waals surface area (Å²) in [6, 6.07) is 3.93. The van der Waals surface area contributed by atoms with Gasteiger partial charge in [-0.15, -0.1) is 0 Å². The Kier molecular flexibility index (Phi) is 3.95. The molecule has 1 aromatic rings. The van der Waals surface area contributed by atoms with Crippen molar-refractivity contribution in [3.8, 4) is 0 Å². The third-order valence-corrected chi connectivity index (χ3v) is 5.00. The van der Waals surface area contributed by atoms with Gasteiger partial charge in [0.05, 0.1) is 0 Å². The zero-order valence-corrected chi connectivity index (χ0v) is 12.3. The summed E-state index contributed by atoms with van der Waals surface area (Å²) in [7, 11) is 0. The molecule has 1 aliphatic carbocycles. The van der Waals surface area contributed by atoms with Gasteiger partial charge >= 0.3 is 5.97 Å². The minimum Gasteiger partial charge on any atom is -0.478 e. The molecule has 3 rings (SSSR count). The first-order valence-corrected chi connectivity index (χ1v) is 7.79. The van der Waals surface area contributed by atoms with E-state index in [0.29, 0.717) is 5.41 Å². The predicted molar refractivity (Wildman–Crippen MR) is 83.3 cm³/mol. The van der Waals surface area contributed by atoms with Crippen LogP contribution in [0.4, 0.5) is 5.82 Å². The van der Waals surface area contributed by atoms with E-state index in [0.717, 1.165) is 30.5 Å². The second kappa shape index (κ2) is 5.88. The Morgan fingerprint density at radius 1 is 1.19 bits per heavy atom. The van der Waals surface area contributed by atoms with Crippen molar-refractivity contribution >= 4 is 17.9 Å². The highest BCUT2D eigenvalue weighted by Crippen LogP contribution is 2.46. The average molecular weight is 286 g/mol. The monoisotopic (exact) mass is 286 g/mol. The molecule has 4 nitrogen and oxygen atoms in total. The molecule has 0 radical (unpaired) electrons. The molecule has 0 unspecified atom stereocenters. The molecule has 2 heterocycles. The van der Waals surface area contributed by atoms with Crippen LogP contribution in [0.15, 0.2) is 24.4 Å². The minimum absolute atomic E-state index is 0.626. The summed E-state index contributed by atoms with van der Waals surface area (Å²) in [6.07, 6.45) is 12.7. The van der Waals surface area contributed by atoms with E-state index in [9.17, 15) is 4.79 Å². The number of carboxylic acid groups (broad SMARTS) is 1.